The molecule has 4 aromatic carbocycles. The number of rotatable bonds is 8. The number of hydrogen-bond donors (Lipinski definition) is 1. The Hall–Kier alpha value is -3.40. The number of hydrogen-bond acceptors (Lipinski definition) is 4. The number of aliphatic hydroxyl groups is 1. The van der Waals surface area contributed by atoms with Crippen LogP contribution in [0.5, 0.6) is 0 Å². The summed E-state index contributed by atoms with van der Waals surface area (Å²) in [6, 6.07) is 25.2. The predicted molar refractivity (Wildman–Crippen MR) is 191 cm³/mol. The molecule has 46 heavy (non-hydrogen) atoms. The second kappa shape index (κ2) is 15.0. The molecule has 0 aliphatic heterocycles. The first-order chi connectivity index (χ1) is 21.2. The monoisotopic (exact) mass is 794 g/mol. The van der Waals surface area contributed by atoms with Crippen LogP contribution in [-0.4, -0.2) is 20.9 Å². The van der Waals surface area contributed by atoms with Gasteiger partial charge in [-0.1, -0.05) is 106 Å². The molecule has 245 valence electrons. The number of carbonyl (C=O) groups is 1. The molecule has 0 saturated carbocycles. The number of allylic oxidation sites excluding steroid dienone is 2. The molecule has 0 atom stereocenters. The Balaban J connectivity index is 0.000000293. The van der Waals surface area contributed by atoms with Gasteiger partial charge in [-0.15, -0.1) is 34.9 Å². The van der Waals surface area contributed by atoms with Gasteiger partial charge in [-0.05, 0) is 58.6 Å². The van der Waals surface area contributed by atoms with Crippen molar-refractivity contribution in [2.24, 2.45) is 10.8 Å². The molecule has 0 aliphatic carbocycles. The molecule has 0 saturated heterocycles. The molecule has 0 amide bonds. The van der Waals surface area contributed by atoms with E-state index in [4.69, 9.17) is 9.97 Å². The average molecular weight is 794 g/mol. The first-order valence-electron chi connectivity index (χ1n) is 16.3. The second-order valence-corrected chi connectivity index (χ2v) is 13.6. The van der Waals surface area contributed by atoms with Crippen LogP contribution in [0.25, 0.3) is 43.7 Å². The van der Waals surface area contributed by atoms with Gasteiger partial charge < -0.3 is 5.11 Å². The van der Waals surface area contributed by atoms with Crippen LogP contribution in [0.15, 0.2) is 72.5 Å². The van der Waals surface area contributed by atoms with Crippen molar-refractivity contribution < 1.29 is 30.0 Å². The van der Waals surface area contributed by atoms with Gasteiger partial charge >= 0.3 is 0 Å². The van der Waals surface area contributed by atoms with E-state index in [0.717, 1.165) is 52.8 Å². The van der Waals surface area contributed by atoms with Gasteiger partial charge in [0.2, 0.25) is 0 Å². The molecule has 0 spiro atoms. The first-order valence-corrected chi connectivity index (χ1v) is 16.3. The molecule has 0 aliphatic rings. The summed E-state index contributed by atoms with van der Waals surface area (Å²) in [6.45, 7) is 20.4. The third kappa shape index (κ3) is 7.93. The minimum absolute atomic E-state index is 0. The van der Waals surface area contributed by atoms with Crippen LogP contribution in [0.2, 0.25) is 0 Å². The topological polar surface area (TPSA) is 63.1 Å². The molecule has 1 heterocycles. The molecule has 5 aromatic rings. The Labute approximate surface area is 289 Å². The van der Waals surface area contributed by atoms with Gasteiger partial charge in [0.15, 0.2) is 5.78 Å². The van der Waals surface area contributed by atoms with E-state index in [2.05, 4.69) is 94.4 Å². The third-order valence-electron chi connectivity index (χ3n) is 9.48. The minimum Gasteiger partial charge on any atom is -0.512 e. The van der Waals surface area contributed by atoms with E-state index >= 15 is 0 Å². The van der Waals surface area contributed by atoms with Crippen LogP contribution in [-0.2, 0) is 24.9 Å². The van der Waals surface area contributed by atoms with Crippen molar-refractivity contribution in [2.75, 3.05) is 0 Å². The Morgan fingerprint density at radius 1 is 0.848 bits per heavy atom. The van der Waals surface area contributed by atoms with E-state index < -0.39 is 0 Å². The second-order valence-electron chi connectivity index (χ2n) is 13.6. The summed E-state index contributed by atoms with van der Waals surface area (Å²) in [7, 11) is 0. The number of benzene rings is 4. The normalized spacial score (nSPS) is 12.3. The number of nitrogens with zero attached hydrogens (tertiary/aromatic N) is 2. The zero-order valence-electron chi connectivity index (χ0n) is 29.1. The van der Waals surface area contributed by atoms with Gasteiger partial charge in [0.05, 0.1) is 5.52 Å². The van der Waals surface area contributed by atoms with E-state index in [-0.39, 0.29) is 48.4 Å². The van der Waals surface area contributed by atoms with E-state index in [1.165, 1.54) is 33.2 Å². The van der Waals surface area contributed by atoms with Crippen LogP contribution < -0.4 is 0 Å². The number of aliphatic hydroxyl groups excluding tert-OH is 1. The van der Waals surface area contributed by atoms with Crippen molar-refractivity contribution in [2.45, 2.75) is 94.4 Å². The van der Waals surface area contributed by atoms with Crippen LogP contribution >= 0.6 is 0 Å². The van der Waals surface area contributed by atoms with Crippen molar-refractivity contribution in [3.8, 4) is 11.3 Å². The zero-order chi connectivity index (χ0) is 33.1. The number of aryl methyl sites for hydroxylation is 2. The van der Waals surface area contributed by atoms with Crippen molar-refractivity contribution in [1.29, 1.82) is 0 Å². The van der Waals surface area contributed by atoms with E-state index in [0.29, 0.717) is 0 Å². The molecule has 5 heteroatoms. The molecular weight excluding hydrogens is 745 g/mol. The molecule has 0 bridgehead atoms. The van der Waals surface area contributed by atoms with E-state index in [9.17, 15) is 9.90 Å². The summed E-state index contributed by atoms with van der Waals surface area (Å²) >= 11 is 0. The summed E-state index contributed by atoms with van der Waals surface area (Å²) in [5.74, 6) is 1.37. The van der Waals surface area contributed by atoms with Crippen LogP contribution in [0.1, 0.15) is 97.5 Å². The van der Waals surface area contributed by atoms with Crippen molar-refractivity contribution in [3.63, 3.8) is 0 Å². The van der Waals surface area contributed by atoms with E-state index in [1.54, 1.807) is 0 Å². The van der Waals surface area contributed by atoms with E-state index in [1.807, 2.05) is 41.5 Å². The van der Waals surface area contributed by atoms with Crippen molar-refractivity contribution in [3.05, 3.63) is 95.5 Å². The fourth-order valence-corrected chi connectivity index (χ4v) is 5.39. The molecule has 1 radical (unpaired) electrons. The Bertz CT molecular complexity index is 1860. The number of carbonyl (C=O) groups excluding carboxylic acids is 1. The SMILES string of the molecule is CCC(C)(C)C(=O)/C=C(\O)C(C)(CC)CC.Cc1[c-]c(-c2nc(C(C)C)nc3c2ccc2cc4ccccc4cc23)cc(C)c1.[Ir]. The Kier molecular flexibility index (Phi) is 12.1. The number of ketones is 1. The third-order valence-corrected chi connectivity index (χ3v) is 9.48. The summed E-state index contributed by atoms with van der Waals surface area (Å²) in [5, 5.41) is 16.0. The standard InChI is InChI=1S/C27H23N2.C14H26O2.Ir/c1-16(2)27-28-25(22-12-17(3)11-18(4)13-22)23-10-9-21-14-19-7-5-6-8-20(19)15-24(21)26(23)29-27;1-7-13(4,5)11(15)10-12(16)14(6,8-2)9-3;/h5-12,14-16H,1-4H3;10,16H,7-9H2,1-6H3;/q-1;;/b;12-10-;. The quantitative estimate of drug-likeness (QED) is 0.0559. The molecule has 1 N–H and O–H groups in total. The molecule has 5 rings (SSSR count). The van der Waals surface area contributed by atoms with Crippen LogP contribution in [0.4, 0.5) is 0 Å². The van der Waals surface area contributed by atoms with Crippen molar-refractivity contribution in [1.82, 2.24) is 9.97 Å². The summed E-state index contributed by atoms with van der Waals surface area (Å²) in [5.41, 5.74) is 4.74. The largest absolute Gasteiger partial charge is 0.512 e. The molecule has 4 nitrogen and oxygen atoms in total. The minimum atomic E-state index is -0.379. The van der Waals surface area contributed by atoms with Crippen LogP contribution in [0.3, 0.4) is 0 Å². The van der Waals surface area contributed by atoms with Gasteiger partial charge in [0, 0.05) is 48.3 Å². The van der Waals surface area contributed by atoms with Crippen LogP contribution in [0, 0.1) is 30.7 Å². The zero-order valence-corrected chi connectivity index (χ0v) is 31.5. The Morgan fingerprint density at radius 2 is 1.48 bits per heavy atom. The molecular formula is C41H49IrN2O2-. The first kappa shape index (κ1) is 37.1. The fraction of sp³-hybridized carbons (Fsp3) is 0.390. The number of aromatic nitrogens is 2. The maximum atomic E-state index is 11.9. The van der Waals surface area contributed by atoms with Gasteiger partial charge in [-0.3, -0.25) is 9.78 Å². The molecule has 0 fully saturated rings. The summed E-state index contributed by atoms with van der Waals surface area (Å²) in [4.78, 5) is 21.9. The summed E-state index contributed by atoms with van der Waals surface area (Å²) in [6.07, 6.45) is 3.89. The Morgan fingerprint density at radius 3 is 2.04 bits per heavy atom. The smallest absolute Gasteiger partial charge is 0.164 e. The van der Waals surface area contributed by atoms with Gasteiger partial charge in [0.1, 0.15) is 11.6 Å². The molecule has 1 aromatic heterocycles. The van der Waals surface area contributed by atoms with Gasteiger partial charge in [0.25, 0.3) is 0 Å². The molecule has 0 unspecified atom stereocenters. The van der Waals surface area contributed by atoms with Gasteiger partial charge in [-0.2, -0.15) is 0 Å². The maximum Gasteiger partial charge on any atom is 0.164 e. The van der Waals surface area contributed by atoms with Crippen molar-refractivity contribution >= 4 is 38.2 Å². The predicted octanol–water partition coefficient (Wildman–Crippen LogP) is 11.4. The summed E-state index contributed by atoms with van der Waals surface area (Å²) < 4.78 is 0. The van der Waals surface area contributed by atoms with Gasteiger partial charge in [-0.25, -0.2) is 4.98 Å². The maximum absolute atomic E-state index is 11.9. The average Bonchev–Trinajstić information content (AvgIpc) is 3.02. The fourth-order valence-electron chi connectivity index (χ4n) is 5.39. The number of fused-ring (bicyclic) bond motifs is 4.